The van der Waals surface area contributed by atoms with E-state index in [9.17, 15) is 0 Å². The minimum absolute atomic E-state index is 0.0606. The minimum Gasteiger partial charge on any atom is -0.378 e. The molecular weight excluding hydrogens is 226 g/mol. The van der Waals surface area contributed by atoms with E-state index in [1.165, 1.54) is 25.7 Å². The Morgan fingerprint density at radius 1 is 1.28 bits per heavy atom. The second-order valence-electron chi connectivity index (χ2n) is 6.43. The number of ether oxygens (including phenoxy) is 2. The highest BCUT2D eigenvalue weighted by molar-refractivity contribution is 4.89. The summed E-state index contributed by atoms with van der Waals surface area (Å²) in [6.07, 6.45) is 6.43. The second-order valence-corrected chi connectivity index (χ2v) is 6.43. The zero-order valence-electron chi connectivity index (χ0n) is 12.2. The van der Waals surface area contributed by atoms with Crippen LogP contribution in [0.2, 0.25) is 0 Å². The number of nitrogens with one attached hydrogen (secondary N) is 1. The van der Waals surface area contributed by atoms with Gasteiger partial charge >= 0.3 is 0 Å². The van der Waals surface area contributed by atoms with Crippen molar-refractivity contribution in [2.45, 2.75) is 57.6 Å². The molecule has 0 bridgehead atoms. The molecule has 1 aliphatic heterocycles. The van der Waals surface area contributed by atoms with Crippen molar-refractivity contribution in [1.82, 2.24) is 5.32 Å². The zero-order chi connectivity index (χ0) is 13.0. The van der Waals surface area contributed by atoms with Gasteiger partial charge < -0.3 is 14.8 Å². The van der Waals surface area contributed by atoms with Crippen LogP contribution in [0.5, 0.6) is 0 Å². The van der Waals surface area contributed by atoms with Crippen molar-refractivity contribution in [2.75, 3.05) is 26.9 Å². The van der Waals surface area contributed by atoms with Crippen LogP contribution in [0.25, 0.3) is 0 Å². The van der Waals surface area contributed by atoms with Gasteiger partial charge in [-0.3, -0.25) is 0 Å². The highest BCUT2D eigenvalue weighted by Crippen LogP contribution is 2.30. The third-order valence-corrected chi connectivity index (χ3v) is 4.93. The largest absolute Gasteiger partial charge is 0.378 e. The lowest BCUT2D eigenvalue weighted by Gasteiger charge is -2.34. The van der Waals surface area contributed by atoms with E-state index in [4.69, 9.17) is 9.47 Å². The normalized spacial score (nSPS) is 37.3. The summed E-state index contributed by atoms with van der Waals surface area (Å²) in [6, 6.07) is 0.688. The van der Waals surface area contributed by atoms with Gasteiger partial charge in [0.1, 0.15) is 5.60 Å². The second kappa shape index (κ2) is 6.36. The van der Waals surface area contributed by atoms with Crippen LogP contribution >= 0.6 is 0 Å². The standard InChI is InChI=1S/C15H29NO2/c1-12(2)13-4-6-14(7-5-13)16-10-15(17-3)8-9-18-11-15/h12-14,16H,4-11H2,1-3H3. The van der Waals surface area contributed by atoms with Gasteiger partial charge in [0.2, 0.25) is 0 Å². The molecule has 0 spiro atoms. The van der Waals surface area contributed by atoms with Gasteiger partial charge in [-0.25, -0.2) is 0 Å². The fraction of sp³-hybridized carbons (Fsp3) is 1.00. The van der Waals surface area contributed by atoms with Gasteiger partial charge in [0.25, 0.3) is 0 Å². The van der Waals surface area contributed by atoms with Crippen molar-refractivity contribution in [3.05, 3.63) is 0 Å². The average Bonchev–Trinajstić information content (AvgIpc) is 2.86. The Morgan fingerprint density at radius 3 is 2.50 bits per heavy atom. The third-order valence-electron chi connectivity index (χ3n) is 4.93. The number of rotatable bonds is 5. The minimum atomic E-state index is -0.0606. The predicted octanol–water partition coefficient (Wildman–Crippen LogP) is 2.60. The van der Waals surface area contributed by atoms with Crippen molar-refractivity contribution < 1.29 is 9.47 Å². The molecule has 0 radical (unpaired) electrons. The van der Waals surface area contributed by atoms with Crippen molar-refractivity contribution in [3.8, 4) is 0 Å². The maximum absolute atomic E-state index is 5.66. The maximum Gasteiger partial charge on any atom is 0.106 e. The maximum atomic E-state index is 5.66. The van der Waals surface area contributed by atoms with Crippen LogP contribution in [0.1, 0.15) is 46.0 Å². The van der Waals surface area contributed by atoms with Crippen molar-refractivity contribution in [3.63, 3.8) is 0 Å². The van der Waals surface area contributed by atoms with Crippen LogP contribution in [0.15, 0.2) is 0 Å². The summed E-state index contributed by atoms with van der Waals surface area (Å²) in [5.74, 6) is 1.79. The smallest absolute Gasteiger partial charge is 0.106 e. The molecule has 0 amide bonds. The van der Waals surface area contributed by atoms with Crippen molar-refractivity contribution in [2.24, 2.45) is 11.8 Å². The van der Waals surface area contributed by atoms with Crippen LogP contribution in [-0.2, 0) is 9.47 Å². The zero-order valence-corrected chi connectivity index (χ0v) is 12.2. The Labute approximate surface area is 112 Å². The molecule has 2 aliphatic rings. The van der Waals surface area contributed by atoms with Gasteiger partial charge in [-0.05, 0) is 37.5 Å². The highest BCUT2D eigenvalue weighted by atomic mass is 16.5. The van der Waals surface area contributed by atoms with E-state index in [0.29, 0.717) is 6.04 Å². The molecule has 1 unspecified atom stereocenters. The molecule has 106 valence electrons. The molecule has 2 rings (SSSR count). The predicted molar refractivity (Wildman–Crippen MR) is 73.8 cm³/mol. The quantitative estimate of drug-likeness (QED) is 0.819. The number of hydrogen-bond donors (Lipinski definition) is 1. The van der Waals surface area contributed by atoms with Gasteiger partial charge in [0.05, 0.1) is 6.61 Å². The van der Waals surface area contributed by atoms with Crippen LogP contribution in [-0.4, -0.2) is 38.5 Å². The molecule has 0 aromatic carbocycles. The summed E-state index contributed by atoms with van der Waals surface area (Å²) >= 11 is 0. The first-order valence-electron chi connectivity index (χ1n) is 7.51. The van der Waals surface area contributed by atoms with Crippen LogP contribution < -0.4 is 5.32 Å². The highest BCUT2D eigenvalue weighted by Gasteiger charge is 2.35. The van der Waals surface area contributed by atoms with E-state index in [1.54, 1.807) is 0 Å². The molecule has 1 N–H and O–H groups in total. The van der Waals surface area contributed by atoms with Gasteiger partial charge in [-0.2, -0.15) is 0 Å². The molecule has 0 aromatic rings. The van der Waals surface area contributed by atoms with E-state index >= 15 is 0 Å². The summed E-state index contributed by atoms with van der Waals surface area (Å²) in [4.78, 5) is 0. The molecule has 2 fully saturated rings. The SMILES string of the molecule is COC1(CNC2CCC(C(C)C)CC2)CCOC1. The Kier molecular flexibility index (Phi) is 5.05. The molecule has 1 atom stereocenters. The first kappa shape index (κ1) is 14.3. The molecule has 0 aromatic heterocycles. The number of hydrogen-bond acceptors (Lipinski definition) is 3. The Morgan fingerprint density at radius 2 is 2.00 bits per heavy atom. The first-order valence-corrected chi connectivity index (χ1v) is 7.51. The third kappa shape index (κ3) is 3.46. The van der Waals surface area contributed by atoms with Gasteiger partial charge in [0.15, 0.2) is 0 Å². The van der Waals surface area contributed by atoms with E-state index < -0.39 is 0 Å². The van der Waals surface area contributed by atoms with E-state index in [2.05, 4.69) is 19.2 Å². The van der Waals surface area contributed by atoms with Gasteiger partial charge in [0, 0.05) is 32.7 Å². The lowest BCUT2D eigenvalue weighted by molar-refractivity contribution is -0.0186. The van der Waals surface area contributed by atoms with E-state index in [1.807, 2.05) is 7.11 Å². The summed E-state index contributed by atoms with van der Waals surface area (Å²) in [5.41, 5.74) is -0.0606. The lowest BCUT2D eigenvalue weighted by atomic mass is 9.79. The van der Waals surface area contributed by atoms with Crippen LogP contribution in [0.4, 0.5) is 0 Å². The van der Waals surface area contributed by atoms with Crippen LogP contribution in [0, 0.1) is 11.8 Å². The molecule has 1 saturated carbocycles. The summed E-state index contributed by atoms with van der Waals surface area (Å²) in [6.45, 7) is 7.25. The van der Waals surface area contributed by atoms with Crippen LogP contribution in [0.3, 0.4) is 0 Å². The summed E-state index contributed by atoms with van der Waals surface area (Å²) in [7, 11) is 1.81. The van der Waals surface area contributed by atoms with Crippen molar-refractivity contribution >= 4 is 0 Å². The summed E-state index contributed by atoms with van der Waals surface area (Å²) in [5, 5.41) is 3.71. The molecular formula is C15H29NO2. The first-order chi connectivity index (χ1) is 8.65. The molecule has 1 heterocycles. The lowest BCUT2D eigenvalue weighted by Crippen LogP contribution is -2.47. The fourth-order valence-electron chi connectivity index (χ4n) is 3.28. The van der Waals surface area contributed by atoms with Crippen molar-refractivity contribution in [1.29, 1.82) is 0 Å². The Bertz CT molecular complexity index is 241. The molecule has 3 heteroatoms. The monoisotopic (exact) mass is 255 g/mol. The van der Waals surface area contributed by atoms with E-state index in [-0.39, 0.29) is 5.60 Å². The topological polar surface area (TPSA) is 30.5 Å². The number of methoxy groups -OCH3 is 1. The average molecular weight is 255 g/mol. The molecule has 3 nitrogen and oxygen atoms in total. The van der Waals surface area contributed by atoms with Gasteiger partial charge in [-0.1, -0.05) is 13.8 Å². The van der Waals surface area contributed by atoms with E-state index in [0.717, 1.165) is 38.0 Å². The molecule has 1 aliphatic carbocycles. The van der Waals surface area contributed by atoms with Gasteiger partial charge in [-0.15, -0.1) is 0 Å². The fourth-order valence-corrected chi connectivity index (χ4v) is 3.28. The Hall–Kier alpha value is -0.120. The molecule has 1 saturated heterocycles. The molecule has 18 heavy (non-hydrogen) atoms. The summed E-state index contributed by atoms with van der Waals surface area (Å²) < 4.78 is 11.1. The Balaban J connectivity index is 1.71.